The van der Waals surface area contributed by atoms with Gasteiger partial charge < -0.3 is 5.01 Å². The summed E-state index contributed by atoms with van der Waals surface area (Å²) >= 11 is 0. The van der Waals surface area contributed by atoms with E-state index in [-0.39, 0.29) is 12.4 Å². The second-order valence-corrected chi connectivity index (χ2v) is 3.11. The van der Waals surface area contributed by atoms with Gasteiger partial charge in [-0.2, -0.15) is 0 Å². The summed E-state index contributed by atoms with van der Waals surface area (Å²) in [5.74, 6) is 0. The van der Waals surface area contributed by atoms with Crippen LogP contribution in [0.25, 0.3) is 0 Å². The standard InChI is InChI=1S/C11H16N2.ClH/c1-4-13(12(2)3)10-11-8-6-5-7-9-11;/h4-9H,1,10H2,2-3H3;1H. The summed E-state index contributed by atoms with van der Waals surface area (Å²) in [6.07, 6.45) is 1.83. The van der Waals surface area contributed by atoms with Gasteiger partial charge in [-0.1, -0.05) is 36.9 Å². The average Bonchev–Trinajstić information content (AvgIpc) is 2.15. The lowest BCUT2D eigenvalue weighted by Gasteiger charge is -2.26. The zero-order valence-corrected chi connectivity index (χ0v) is 9.50. The zero-order valence-electron chi connectivity index (χ0n) is 8.68. The van der Waals surface area contributed by atoms with Gasteiger partial charge in [0.15, 0.2) is 0 Å². The van der Waals surface area contributed by atoms with Gasteiger partial charge in [-0.3, -0.25) is 0 Å². The second-order valence-electron chi connectivity index (χ2n) is 3.11. The van der Waals surface area contributed by atoms with Crippen molar-refractivity contribution in [1.82, 2.24) is 10.0 Å². The van der Waals surface area contributed by atoms with Crippen molar-refractivity contribution in [2.75, 3.05) is 14.1 Å². The van der Waals surface area contributed by atoms with Gasteiger partial charge in [0.05, 0.1) is 6.54 Å². The molecule has 0 aliphatic carbocycles. The summed E-state index contributed by atoms with van der Waals surface area (Å²) in [5, 5.41) is 4.06. The molecule has 1 rings (SSSR count). The summed E-state index contributed by atoms with van der Waals surface area (Å²) in [4.78, 5) is 0. The Labute approximate surface area is 92.2 Å². The van der Waals surface area contributed by atoms with Gasteiger partial charge in [0.2, 0.25) is 0 Å². The van der Waals surface area contributed by atoms with Crippen LogP contribution in [0.15, 0.2) is 43.1 Å². The molecule has 0 radical (unpaired) electrons. The average molecular weight is 213 g/mol. The summed E-state index contributed by atoms with van der Waals surface area (Å²) in [6, 6.07) is 10.3. The van der Waals surface area contributed by atoms with Crippen LogP contribution in [0.5, 0.6) is 0 Å². The van der Waals surface area contributed by atoms with E-state index in [9.17, 15) is 0 Å². The number of benzene rings is 1. The molecule has 0 saturated heterocycles. The fraction of sp³-hybridized carbons (Fsp3) is 0.273. The van der Waals surface area contributed by atoms with Crippen molar-refractivity contribution in [3.05, 3.63) is 48.7 Å². The molecule has 0 atom stereocenters. The van der Waals surface area contributed by atoms with Crippen molar-refractivity contribution >= 4 is 12.4 Å². The number of rotatable bonds is 4. The highest BCUT2D eigenvalue weighted by molar-refractivity contribution is 5.85. The van der Waals surface area contributed by atoms with Crippen LogP contribution in [-0.2, 0) is 6.54 Å². The first-order valence-electron chi connectivity index (χ1n) is 4.34. The minimum absolute atomic E-state index is 0. The van der Waals surface area contributed by atoms with Crippen LogP contribution >= 0.6 is 12.4 Å². The van der Waals surface area contributed by atoms with Crippen LogP contribution in [0.2, 0.25) is 0 Å². The van der Waals surface area contributed by atoms with Crippen LogP contribution in [0, 0.1) is 0 Å². The monoisotopic (exact) mass is 212 g/mol. The highest BCUT2D eigenvalue weighted by Crippen LogP contribution is 2.04. The van der Waals surface area contributed by atoms with Gasteiger partial charge in [0.1, 0.15) is 0 Å². The molecule has 0 saturated carbocycles. The largest absolute Gasteiger partial charge is 0.310 e. The third-order valence-electron chi connectivity index (χ3n) is 1.91. The van der Waals surface area contributed by atoms with E-state index in [0.29, 0.717) is 0 Å². The lowest BCUT2D eigenvalue weighted by atomic mass is 10.2. The van der Waals surface area contributed by atoms with Crippen LogP contribution in [-0.4, -0.2) is 24.1 Å². The summed E-state index contributed by atoms with van der Waals surface area (Å²) < 4.78 is 0. The molecule has 3 heteroatoms. The number of hydrogen-bond donors (Lipinski definition) is 0. The van der Waals surface area contributed by atoms with Crippen molar-refractivity contribution in [3.8, 4) is 0 Å². The van der Waals surface area contributed by atoms with Crippen molar-refractivity contribution in [3.63, 3.8) is 0 Å². The van der Waals surface area contributed by atoms with Crippen molar-refractivity contribution < 1.29 is 0 Å². The maximum absolute atomic E-state index is 3.76. The van der Waals surface area contributed by atoms with Crippen molar-refractivity contribution in [2.24, 2.45) is 0 Å². The number of nitrogens with zero attached hydrogens (tertiary/aromatic N) is 2. The van der Waals surface area contributed by atoms with E-state index in [0.717, 1.165) is 6.54 Å². The topological polar surface area (TPSA) is 6.48 Å². The van der Waals surface area contributed by atoms with E-state index in [1.807, 2.05) is 43.5 Å². The Balaban J connectivity index is 0.00000169. The number of hydrazine groups is 1. The fourth-order valence-electron chi connectivity index (χ4n) is 1.14. The summed E-state index contributed by atoms with van der Waals surface area (Å²) in [5.41, 5.74) is 1.29. The summed E-state index contributed by atoms with van der Waals surface area (Å²) in [7, 11) is 4.01. The molecule has 0 spiro atoms. The second kappa shape index (κ2) is 6.46. The van der Waals surface area contributed by atoms with Gasteiger partial charge in [-0.25, -0.2) is 5.01 Å². The van der Waals surface area contributed by atoms with Crippen LogP contribution in [0.1, 0.15) is 5.56 Å². The maximum atomic E-state index is 3.76. The molecular formula is C11H17ClN2. The Bertz CT molecular complexity index is 259. The lowest BCUT2D eigenvalue weighted by Crippen LogP contribution is -2.31. The first-order chi connectivity index (χ1) is 6.24. The van der Waals surface area contributed by atoms with Gasteiger partial charge >= 0.3 is 0 Å². The van der Waals surface area contributed by atoms with Crippen LogP contribution < -0.4 is 0 Å². The number of halogens is 1. The third kappa shape index (κ3) is 3.81. The van der Waals surface area contributed by atoms with E-state index >= 15 is 0 Å². The Morgan fingerprint density at radius 1 is 1.21 bits per heavy atom. The molecule has 78 valence electrons. The molecule has 0 aliphatic rings. The quantitative estimate of drug-likeness (QED) is 0.708. The summed E-state index contributed by atoms with van der Waals surface area (Å²) in [6.45, 7) is 4.64. The molecule has 0 aromatic heterocycles. The Morgan fingerprint density at radius 2 is 1.79 bits per heavy atom. The highest BCUT2D eigenvalue weighted by atomic mass is 35.5. The lowest BCUT2D eigenvalue weighted by molar-refractivity contribution is 0.0746. The zero-order chi connectivity index (χ0) is 9.68. The molecule has 2 nitrogen and oxygen atoms in total. The van der Waals surface area contributed by atoms with Crippen LogP contribution in [0.3, 0.4) is 0 Å². The van der Waals surface area contributed by atoms with E-state index in [1.165, 1.54) is 5.56 Å². The van der Waals surface area contributed by atoms with Gasteiger partial charge in [0, 0.05) is 20.3 Å². The van der Waals surface area contributed by atoms with Crippen molar-refractivity contribution in [2.45, 2.75) is 6.54 Å². The Hall–Kier alpha value is -0.990. The van der Waals surface area contributed by atoms with Crippen molar-refractivity contribution in [1.29, 1.82) is 0 Å². The molecule has 0 unspecified atom stereocenters. The SMILES string of the molecule is C=CN(Cc1ccccc1)N(C)C.Cl. The molecule has 0 fully saturated rings. The highest BCUT2D eigenvalue weighted by Gasteiger charge is 2.00. The Kier molecular flexibility index (Phi) is 6.00. The molecule has 1 aromatic rings. The third-order valence-corrected chi connectivity index (χ3v) is 1.91. The molecular weight excluding hydrogens is 196 g/mol. The predicted octanol–water partition coefficient (Wildman–Crippen LogP) is 2.53. The van der Waals surface area contributed by atoms with E-state index in [1.54, 1.807) is 0 Å². The minimum atomic E-state index is 0. The molecule has 1 aromatic carbocycles. The fourth-order valence-corrected chi connectivity index (χ4v) is 1.14. The maximum Gasteiger partial charge on any atom is 0.0590 e. The molecule has 0 N–H and O–H groups in total. The van der Waals surface area contributed by atoms with Gasteiger partial charge in [-0.15, -0.1) is 12.4 Å². The van der Waals surface area contributed by atoms with Crippen LogP contribution in [0.4, 0.5) is 0 Å². The molecule has 0 bridgehead atoms. The minimum Gasteiger partial charge on any atom is -0.310 e. The first kappa shape index (κ1) is 13.0. The van der Waals surface area contributed by atoms with Gasteiger partial charge in [-0.05, 0) is 5.56 Å². The van der Waals surface area contributed by atoms with E-state index in [4.69, 9.17) is 0 Å². The van der Waals surface area contributed by atoms with Gasteiger partial charge in [0.25, 0.3) is 0 Å². The smallest absolute Gasteiger partial charge is 0.0590 e. The number of hydrogen-bond acceptors (Lipinski definition) is 2. The normalized spacial score (nSPS) is 9.36. The predicted molar refractivity (Wildman–Crippen MR) is 63.1 cm³/mol. The molecule has 0 heterocycles. The first-order valence-corrected chi connectivity index (χ1v) is 4.34. The molecule has 0 aliphatic heterocycles. The van der Waals surface area contributed by atoms with E-state index < -0.39 is 0 Å². The van der Waals surface area contributed by atoms with E-state index in [2.05, 4.69) is 23.7 Å². The molecule has 0 amide bonds. The molecule has 14 heavy (non-hydrogen) atoms. The Morgan fingerprint density at radius 3 is 2.21 bits per heavy atom.